The van der Waals surface area contributed by atoms with Gasteiger partial charge >= 0.3 is 0 Å². The van der Waals surface area contributed by atoms with E-state index in [9.17, 15) is 14.7 Å². The Morgan fingerprint density at radius 3 is 2.29 bits per heavy atom. The molecule has 5 aliphatic rings. The van der Waals surface area contributed by atoms with Crippen molar-refractivity contribution < 1.29 is 14.7 Å². The van der Waals surface area contributed by atoms with Gasteiger partial charge in [-0.3, -0.25) is 9.59 Å². The minimum Gasteiger partial charge on any atom is -0.505 e. The molecule has 0 bridgehead atoms. The monoisotopic (exact) mass is 465 g/mol. The number of carbonyl (C=O) groups excluding carboxylic acids is 2. The van der Waals surface area contributed by atoms with Crippen molar-refractivity contribution in [2.75, 3.05) is 0 Å². The summed E-state index contributed by atoms with van der Waals surface area (Å²) in [6, 6.07) is 0. The first-order valence-corrected chi connectivity index (χ1v) is 13.2. The number of nitrogens with two attached hydrogens (primary N) is 1. The van der Waals surface area contributed by atoms with Crippen molar-refractivity contribution in [3.63, 3.8) is 0 Å². The van der Waals surface area contributed by atoms with Gasteiger partial charge in [0.2, 0.25) is 11.7 Å². The van der Waals surface area contributed by atoms with E-state index in [4.69, 9.17) is 5.73 Å². The number of primary amides is 1. The van der Waals surface area contributed by atoms with Gasteiger partial charge in [-0.2, -0.15) is 0 Å². The van der Waals surface area contributed by atoms with E-state index < -0.39 is 10.8 Å². The molecule has 2 saturated carbocycles. The summed E-state index contributed by atoms with van der Waals surface area (Å²) in [6.07, 6.45) is 13.6. The maximum Gasteiger partial charge on any atom is 0.223 e. The number of hydrogen-bond donors (Lipinski definition) is 2. The second-order valence-corrected chi connectivity index (χ2v) is 14.2. The van der Waals surface area contributed by atoms with Gasteiger partial charge in [0.1, 0.15) is 0 Å². The zero-order valence-corrected chi connectivity index (χ0v) is 22.2. The van der Waals surface area contributed by atoms with Gasteiger partial charge in [-0.05, 0) is 84.7 Å². The van der Waals surface area contributed by atoms with E-state index in [1.54, 1.807) is 0 Å². The highest BCUT2D eigenvalue weighted by molar-refractivity contribution is 5.98. The van der Waals surface area contributed by atoms with Crippen LogP contribution in [-0.4, -0.2) is 16.8 Å². The number of fused-ring (bicyclic) bond motifs is 6. The van der Waals surface area contributed by atoms with Crippen molar-refractivity contribution >= 4 is 11.7 Å². The lowest BCUT2D eigenvalue weighted by atomic mass is 9.36. The fourth-order valence-corrected chi connectivity index (χ4v) is 9.39. The molecule has 0 radical (unpaired) electrons. The number of aliphatic hydroxyl groups excluding tert-OH is 1. The molecule has 0 heterocycles. The highest BCUT2D eigenvalue weighted by Crippen LogP contribution is 2.73. The highest BCUT2D eigenvalue weighted by Gasteiger charge is 2.66. The molecule has 0 saturated heterocycles. The number of allylic oxidation sites excluding steroid dienone is 6. The standard InChI is InChI=1S/C30H43NO3/c1-25(2)21-10-11-30(7)22(28(21,5)17-20(32)23(25)33)9-8-18-19-16-27(4,24(31)34)13-12-26(19,3)14-15-29(18,30)6/h8-9,17,21-22,32H,10-16H2,1-7H3,(H2,31,34)/t21-,22+,26+,27-,28-,29+,30+/m0/s1. The van der Waals surface area contributed by atoms with Gasteiger partial charge in [0.05, 0.1) is 0 Å². The summed E-state index contributed by atoms with van der Waals surface area (Å²) in [5.74, 6) is 0.0791. The Hall–Kier alpha value is -1.84. The Balaban J connectivity index is 1.69. The third-order valence-electron chi connectivity index (χ3n) is 12.1. The van der Waals surface area contributed by atoms with Crippen LogP contribution >= 0.6 is 0 Å². The zero-order valence-electron chi connectivity index (χ0n) is 22.2. The molecule has 0 spiro atoms. The van der Waals surface area contributed by atoms with Gasteiger partial charge in [-0.1, -0.05) is 66.2 Å². The zero-order chi connectivity index (χ0) is 25.1. The summed E-state index contributed by atoms with van der Waals surface area (Å²) in [7, 11) is 0. The van der Waals surface area contributed by atoms with Crippen molar-refractivity contribution in [1.82, 2.24) is 0 Å². The molecule has 0 aliphatic heterocycles. The quantitative estimate of drug-likeness (QED) is 0.468. The van der Waals surface area contributed by atoms with Crippen molar-refractivity contribution in [2.24, 2.45) is 50.1 Å². The summed E-state index contributed by atoms with van der Waals surface area (Å²) in [5.41, 5.74) is 7.60. The van der Waals surface area contributed by atoms with E-state index in [0.717, 1.165) is 44.9 Å². The van der Waals surface area contributed by atoms with Gasteiger partial charge in [0.25, 0.3) is 0 Å². The first-order chi connectivity index (χ1) is 15.6. The van der Waals surface area contributed by atoms with Crippen LogP contribution < -0.4 is 5.73 Å². The number of rotatable bonds is 1. The maximum absolute atomic E-state index is 12.9. The number of Topliss-reactive ketones (excluding diaryl/α,β-unsaturated/α-hetero) is 1. The summed E-state index contributed by atoms with van der Waals surface area (Å²) in [5, 5.41) is 10.7. The van der Waals surface area contributed by atoms with Crippen LogP contribution in [0.3, 0.4) is 0 Å². The van der Waals surface area contributed by atoms with Gasteiger partial charge in [0, 0.05) is 16.2 Å². The van der Waals surface area contributed by atoms with Gasteiger partial charge in [-0.25, -0.2) is 0 Å². The first kappa shape index (κ1) is 23.9. The minimum absolute atomic E-state index is 0.00445. The molecule has 0 aromatic carbocycles. The normalized spacial score (nSPS) is 49.4. The Labute approximate surface area is 205 Å². The van der Waals surface area contributed by atoms with Crippen molar-refractivity contribution in [2.45, 2.75) is 93.4 Å². The number of ketones is 1. The van der Waals surface area contributed by atoms with Crippen LogP contribution in [0.15, 0.2) is 35.1 Å². The van der Waals surface area contributed by atoms with Crippen LogP contribution in [-0.2, 0) is 9.59 Å². The number of amides is 1. The van der Waals surface area contributed by atoms with Gasteiger partial charge < -0.3 is 10.8 Å². The minimum atomic E-state index is -0.569. The van der Waals surface area contributed by atoms with Gasteiger partial charge in [-0.15, -0.1) is 0 Å². The molecule has 2 fully saturated rings. The van der Waals surface area contributed by atoms with Crippen molar-refractivity contribution in [3.8, 4) is 0 Å². The van der Waals surface area contributed by atoms with Crippen LogP contribution in [0.4, 0.5) is 0 Å². The third kappa shape index (κ3) is 2.66. The smallest absolute Gasteiger partial charge is 0.223 e. The molecular weight excluding hydrogens is 422 g/mol. The molecule has 5 aliphatic carbocycles. The summed E-state index contributed by atoms with van der Waals surface area (Å²) in [4.78, 5) is 25.3. The van der Waals surface area contributed by atoms with E-state index in [-0.39, 0.29) is 50.9 Å². The van der Waals surface area contributed by atoms with Crippen LogP contribution in [0.2, 0.25) is 0 Å². The Bertz CT molecular complexity index is 1080. The summed E-state index contributed by atoms with van der Waals surface area (Å²) in [6.45, 7) is 15.7. The second kappa shape index (κ2) is 6.68. The van der Waals surface area contributed by atoms with Crippen LogP contribution in [0.1, 0.15) is 93.4 Å². The van der Waals surface area contributed by atoms with Crippen LogP contribution in [0.5, 0.6) is 0 Å². The van der Waals surface area contributed by atoms with Crippen molar-refractivity contribution in [3.05, 3.63) is 35.1 Å². The number of hydrogen-bond acceptors (Lipinski definition) is 3. The molecule has 0 unspecified atom stereocenters. The fourth-order valence-electron chi connectivity index (χ4n) is 9.39. The van der Waals surface area contributed by atoms with E-state index in [2.05, 4.69) is 39.8 Å². The topological polar surface area (TPSA) is 80.4 Å². The molecule has 4 heteroatoms. The molecule has 4 nitrogen and oxygen atoms in total. The van der Waals surface area contributed by atoms with Crippen LogP contribution in [0.25, 0.3) is 0 Å². The molecule has 1 amide bonds. The number of carbonyl (C=O) groups is 2. The predicted octanol–water partition coefficient (Wildman–Crippen LogP) is 6.42. The lowest BCUT2D eigenvalue weighted by Gasteiger charge is -2.67. The first-order valence-electron chi connectivity index (χ1n) is 13.2. The lowest BCUT2D eigenvalue weighted by Crippen LogP contribution is -2.61. The SMILES string of the molecule is CC1(C)C(=O)C(O)=C[C@]2(C)[C@H]3C=CC4=C5C[C@@](C)(C(N)=O)CC[C@]5(C)CC[C@@]4(C)[C@]3(C)CC[C@@H]12. The van der Waals surface area contributed by atoms with Crippen molar-refractivity contribution in [1.29, 1.82) is 0 Å². The van der Waals surface area contributed by atoms with E-state index >= 15 is 0 Å². The second-order valence-electron chi connectivity index (χ2n) is 14.2. The fraction of sp³-hybridized carbons (Fsp3) is 0.733. The molecule has 3 N–H and O–H groups in total. The molecular formula is C30H43NO3. The molecule has 0 aromatic rings. The predicted molar refractivity (Wildman–Crippen MR) is 135 cm³/mol. The molecule has 7 atom stereocenters. The van der Waals surface area contributed by atoms with Crippen LogP contribution in [0, 0.1) is 44.3 Å². The van der Waals surface area contributed by atoms with Gasteiger partial charge in [0.15, 0.2) is 5.76 Å². The lowest BCUT2D eigenvalue weighted by molar-refractivity contribution is -0.148. The summed E-state index contributed by atoms with van der Waals surface area (Å²) < 4.78 is 0. The molecule has 34 heavy (non-hydrogen) atoms. The third-order valence-corrected chi connectivity index (χ3v) is 12.1. The highest BCUT2D eigenvalue weighted by atomic mass is 16.3. The average molecular weight is 466 g/mol. The Morgan fingerprint density at radius 1 is 1.00 bits per heavy atom. The van der Waals surface area contributed by atoms with E-state index in [1.165, 1.54) is 11.1 Å². The molecule has 0 aromatic heterocycles. The maximum atomic E-state index is 12.9. The van der Waals surface area contributed by atoms with E-state index in [1.807, 2.05) is 26.8 Å². The van der Waals surface area contributed by atoms with E-state index in [0.29, 0.717) is 0 Å². The Kier molecular flexibility index (Phi) is 4.69. The Morgan fingerprint density at radius 2 is 1.65 bits per heavy atom. The average Bonchev–Trinajstić information content (AvgIpc) is 2.74. The molecule has 186 valence electrons. The number of aliphatic hydroxyl groups is 1. The summed E-state index contributed by atoms with van der Waals surface area (Å²) >= 11 is 0. The molecule has 5 rings (SSSR count). The largest absolute Gasteiger partial charge is 0.505 e.